The molecule has 1 rings (SSSR count). The third kappa shape index (κ3) is 3.35. The molecule has 17 heavy (non-hydrogen) atoms. The molecule has 0 saturated carbocycles. The molecule has 0 bridgehead atoms. The number of carbonyl (C=O) groups is 1. The number of nitrogens with one attached hydrogen (secondary N) is 1. The Hall–Kier alpha value is -1.75. The zero-order valence-electron chi connectivity index (χ0n) is 10.4. The first kappa shape index (κ1) is 13.3. The summed E-state index contributed by atoms with van der Waals surface area (Å²) in [4.78, 5) is 11.9. The average molecular weight is 238 g/mol. The van der Waals surface area contributed by atoms with E-state index in [1.54, 1.807) is 19.2 Å². The zero-order valence-corrected chi connectivity index (χ0v) is 10.4. The SMILES string of the molecule is COCCNC(=O)c1cc(OC)c(N)cc1C. The van der Waals surface area contributed by atoms with Crippen LogP contribution in [0.3, 0.4) is 0 Å². The lowest BCUT2D eigenvalue weighted by Gasteiger charge is -2.11. The number of carbonyl (C=O) groups excluding carboxylic acids is 1. The summed E-state index contributed by atoms with van der Waals surface area (Å²) >= 11 is 0. The van der Waals surface area contributed by atoms with Gasteiger partial charge in [0.15, 0.2) is 0 Å². The summed E-state index contributed by atoms with van der Waals surface area (Å²) in [6, 6.07) is 3.37. The third-order valence-electron chi connectivity index (χ3n) is 2.41. The highest BCUT2D eigenvalue weighted by Gasteiger charge is 2.12. The van der Waals surface area contributed by atoms with E-state index in [1.165, 1.54) is 7.11 Å². The highest BCUT2D eigenvalue weighted by Crippen LogP contribution is 2.25. The number of nitrogens with two attached hydrogens (primary N) is 1. The highest BCUT2D eigenvalue weighted by molar-refractivity contribution is 5.96. The minimum Gasteiger partial charge on any atom is -0.495 e. The second kappa shape index (κ2) is 6.10. The van der Waals surface area contributed by atoms with E-state index in [4.69, 9.17) is 15.2 Å². The first-order valence-electron chi connectivity index (χ1n) is 5.31. The van der Waals surface area contributed by atoms with Crippen molar-refractivity contribution in [2.24, 2.45) is 0 Å². The first-order chi connectivity index (χ1) is 8.10. The van der Waals surface area contributed by atoms with Gasteiger partial charge in [-0.25, -0.2) is 0 Å². The van der Waals surface area contributed by atoms with E-state index < -0.39 is 0 Å². The van der Waals surface area contributed by atoms with Gasteiger partial charge in [-0.1, -0.05) is 0 Å². The summed E-state index contributed by atoms with van der Waals surface area (Å²) in [7, 11) is 3.11. The minimum absolute atomic E-state index is 0.155. The lowest BCUT2D eigenvalue weighted by molar-refractivity contribution is 0.0936. The van der Waals surface area contributed by atoms with E-state index in [0.29, 0.717) is 30.2 Å². The van der Waals surface area contributed by atoms with Crippen molar-refractivity contribution in [1.29, 1.82) is 0 Å². The number of methoxy groups -OCH3 is 2. The van der Waals surface area contributed by atoms with E-state index in [1.807, 2.05) is 6.92 Å². The molecule has 1 amide bonds. The standard InChI is InChI=1S/C12H18N2O3/c1-8-6-10(13)11(17-3)7-9(8)12(15)14-4-5-16-2/h6-7H,4-5,13H2,1-3H3,(H,14,15). The number of aryl methyl sites for hydroxylation is 1. The smallest absolute Gasteiger partial charge is 0.251 e. The third-order valence-corrected chi connectivity index (χ3v) is 2.41. The van der Waals surface area contributed by atoms with Gasteiger partial charge in [-0.05, 0) is 24.6 Å². The molecule has 0 aliphatic rings. The van der Waals surface area contributed by atoms with Gasteiger partial charge in [0.1, 0.15) is 5.75 Å². The number of benzene rings is 1. The van der Waals surface area contributed by atoms with Crippen molar-refractivity contribution in [2.75, 3.05) is 33.1 Å². The number of ether oxygens (including phenoxy) is 2. The monoisotopic (exact) mass is 238 g/mol. The number of nitrogen functional groups attached to an aromatic ring is 1. The topological polar surface area (TPSA) is 73.6 Å². The van der Waals surface area contributed by atoms with E-state index in [2.05, 4.69) is 5.32 Å². The van der Waals surface area contributed by atoms with Crippen LogP contribution in [0.25, 0.3) is 0 Å². The van der Waals surface area contributed by atoms with Gasteiger partial charge in [-0.2, -0.15) is 0 Å². The molecule has 0 atom stereocenters. The summed E-state index contributed by atoms with van der Waals surface area (Å²) in [6.07, 6.45) is 0. The molecule has 0 saturated heterocycles. The summed E-state index contributed by atoms with van der Waals surface area (Å²) < 4.78 is 9.95. The van der Waals surface area contributed by atoms with E-state index in [9.17, 15) is 4.79 Å². The van der Waals surface area contributed by atoms with Gasteiger partial charge in [0.25, 0.3) is 5.91 Å². The molecule has 3 N–H and O–H groups in total. The van der Waals surface area contributed by atoms with Gasteiger partial charge < -0.3 is 20.5 Å². The van der Waals surface area contributed by atoms with Crippen molar-refractivity contribution >= 4 is 11.6 Å². The van der Waals surface area contributed by atoms with Crippen molar-refractivity contribution in [3.05, 3.63) is 23.3 Å². The lowest BCUT2D eigenvalue weighted by Crippen LogP contribution is -2.27. The van der Waals surface area contributed by atoms with Crippen LogP contribution in [-0.4, -0.2) is 33.3 Å². The molecular weight excluding hydrogens is 220 g/mol. The fourth-order valence-electron chi connectivity index (χ4n) is 1.49. The van der Waals surface area contributed by atoms with Crippen molar-refractivity contribution in [2.45, 2.75) is 6.92 Å². The molecule has 0 radical (unpaired) electrons. The maximum Gasteiger partial charge on any atom is 0.251 e. The van der Waals surface area contributed by atoms with Crippen LogP contribution >= 0.6 is 0 Å². The van der Waals surface area contributed by atoms with Crippen LogP contribution in [0.1, 0.15) is 15.9 Å². The van der Waals surface area contributed by atoms with Crippen LogP contribution in [0.15, 0.2) is 12.1 Å². The quantitative estimate of drug-likeness (QED) is 0.592. The van der Waals surface area contributed by atoms with Crippen LogP contribution in [0.2, 0.25) is 0 Å². The second-order valence-electron chi connectivity index (χ2n) is 3.66. The van der Waals surface area contributed by atoms with E-state index >= 15 is 0 Å². The molecule has 0 fully saturated rings. The summed E-state index contributed by atoms with van der Waals surface area (Å²) in [5.41, 5.74) is 7.65. The van der Waals surface area contributed by atoms with E-state index in [-0.39, 0.29) is 5.91 Å². The fourth-order valence-corrected chi connectivity index (χ4v) is 1.49. The predicted octanol–water partition coefficient (Wildman–Crippen LogP) is 0.962. The van der Waals surface area contributed by atoms with Crippen LogP contribution < -0.4 is 15.8 Å². The van der Waals surface area contributed by atoms with Gasteiger partial charge in [0, 0.05) is 19.2 Å². The molecular formula is C12H18N2O3. The Morgan fingerprint density at radius 1 is 1.41 bits per heavy atom. The number of amides is 1. The largest absolute Gasteiger partial charge is 0.495 e. The summed E-state index contributed by atoms with van der Waals surface area (Å²) in [6.45, 7) is 2.79. The summed E-state index contributed by atoms with van der Waals surface area (Å²) in [5, 5.41) is 2.75. The Labute approximate surface area is 101 Å². The van der Waals surface area contributed by atoms with Gasteiger partial charge in [-0.3, -0.25) is 4.79 Å². The maximum absolute atomic E-state index is 11.9. The maximum atomic E-state index is 11.9. The Morgan fingerprint density at radius 2 is 2.12 bits per heavy atom. The lowest BCUT2D eigenvalue weighted by atomic mass is 10.1. The molecule has 5 nitrogen and oxygen atoms in total. The Kier molecular flexibility index (Phi) is 4.78. The van der Waals surface area contributed by atoms with Crippen molar-refractivity contribution in [3.8, 4) is 5.75 Å². The molecule has 0 aliphatic carbocycles. The molecule has 0 unspecified atom stereocenters. The van der Waals surface area contributed by atoms with Crippen LogP contribution in [0.4, 0.5) is 5.69 Å². The minimum atomic E-state index is -0.155. The molecule has 1 aromatic carbocycles. The van der Waals surface area contributed by atoms with Crippen molar-refractivity contribution < 1.29 is 14.3 Å². The normalized spacial score (nSPS) is 10.1. The molecule has 0 aliphatic heterocycles. The number of rotatable bonds is 5. The Bertz CT molecular complexity index is 405. The van der Waals surface area contributed by atoms with Gasteiger partial charge in [0.2, 0.25) is 0 Å². The Morgan fingerprint density at radius 3 is 2.71 bits per heavy atom. The van der Waals surface area contributed by atoms with Crippen LogP contribution in [0.5, 0.6) is 5.75 Å². The van der Waals surface area contributed by atoms with Gasteiger partial charge in [0.05, 0.1) is 19.4 Å². The van der Waals surface area contributed by atoms with Gasteiger partial charge >= 0.3 is 0 Å². The van der Waals surface area contributed by atoms with Crippen LogP contribution in [-0.2, 0) is 4.74 Å². The molecule has 1 aromatic rings. The Balaban J connectivity index is 2.85. The van der Waals surface area contributed by atoms with Crippen molar-refractivity contribution in [1.82, 2.24) is 5.32 Å². The molecule has 0 spiro atoms. The molecule has 0 aromatic heterocycles. The number of hydrogen-bond acceptors (Lipinski definition) is 4. The van der Waals surface area contributed by atoms with Crippen LogP contribution in [0, 0.1) is 6.92 Å². The molecule has 94 valence electrons. The number of anilines is 1. The molecule has 0 heterocycles. The first-order valence-corrected chi connectivity index (χ1v) is 5.31. The number of hydrogen-bond donors (Lipinski definition) is 2. The van der Waals surface area contributed by atoms with E-state index in [0.717, 1.165) is 5.56 Å². The zero-order chi connectivity index (χ0) is 12.8. The predicted molar refractivity (Wildman–Crippen MR) is 66.4 cm³/mol. The fraction of sp³-hybridized carbons (Fsp3) is 0.417. The van der Waals surface area contributed by atoms with Gasteiger partial charge in [-0.15, -0.1) is 0 Å². The average Bonchev–Trinajstić information content (AvgIpc) is 2.29. The molecule has 5 heteroatoms. The van der Waals surface area contributed by atoms with Crippen molar-refractivity contribution in [3.63, 3.8) is 0 Å². The second-order valence-corrected chi connectivity index (χ2v) is 3.66. The highest BCUT2D eigenvalue weighted by atomic mass is 16.5. The summed E-state index contributed by atoms with van der Waals surface area (Å²) in [5.74, 6) is 0.352.